The predicted molar refractivity (Wildman–Crippen MR) is 85.8 cm³/mol. The molecule has 1 N–H and O–H groups in total. The van der Waals surface area contributed by atoms with Crippen molar-refractivity contribution in [2.75, 3.05) is 5.75 Å². The lowest BCUT2D eigenvalue weighted by atomic mass is 10.1. The number of aliphatic hydroxyl groups is 1. The Labute approximate surface area is 127 Å². The predicted octanol–water partition coefficient (Wildman–Crippen LogP) is 4.45. The molecule has 0 aliphatic heterocycles. The Morgan fingerprint density at radius 2 is 1.89 bits per heavy atom. The Hall–Kier alpha value is -0.770. The van der Waals surface area contributed by atoms with Crippen LogP contribution in [0.4, 0.5) is 0 Å². The van der Waals surface area contributed by atoms with Gasteiger partial charge in [0.15, 0.2) is 0 Å². The maximum Gasteiger partial charge on any atom is 0.0674 e. The number of aliphatic hydroxyl groups excluding tert-OH is 1. The maximum atomic E-state index is 10.1. The number of aryl methyl sites for hydroxylation is 1. The van der Waals surface area contributed by atoms with Gasteiger partial charge in [0.05, 0.1) is 6.10 Å². The van der Waals surface area contributed by atoms with Gasteiger partial charge in [0.2, 0.25) is 0 Å². The van der Waals surface area contributed by atoms with Gasteiger partial charge in [-0.3, -0.25) is 0 Å². The molecule has 0 aliphatic carbocycles. The van der Waals surface area contributed by atoms with Crippen LogP contribution in [0.1, 0.15) is 11.1 Å². The SMILES string of the molecule is Cc1ccc(SCC(O)Cc2cccc(Br)c2)cc1. The molecule has 0 radical (unpaired) electrons. The molecule has 100 valence electrons. The average Bonchev–Trinajstić information content (AvgIpc) is 2.38. The Morgan fingerprint density at radius 1 is 1.16 bits per heavy atom. The van der Waals surface area contributed by atoms with Gasteiger partial charge in [-0.2, -0.15) is 0 Å². The van der Waals surface area contributed by atoms with Crippen LogP contribution in [0.3, 0.4) is 0 Å². The molecule has 0 aliphatic rings. The number of hydrogen-bond acceptors (Lipinski definition) is 2. The Balaban J connectivity index is 1.84. The fourth-order valence-corrected chi connectivity index (χ4v) is 3.10. The largest absolute Gasteiger partial charge is 0.392 e. The molecule has 1 atom stereocenters. The highest BCUT2D eigenvalue weighted by atomic mass is 79.9. The highest BCUT2D eigenvalue weighted by molar-refractivity contribution is 9.10. The summed E-state index contributed by atoms with van der Waals surface area (Å²) >= 11 is 5.15. The second kappa shape index (κ2) is 7.13. The van der Waals surface area contributed by atoms with E-state index in [0.717, 1.165) is 15.8 Å². The van der Waals surface area contributed by atoms with Crippen molar-refractivity contribution in [2.45, 2.75) is 24.3 Å². The van der Waals surface area contributed by atoms with Crippen LogP contribution < -0.4 is 0 Å². The summed E-state index contributed by atoms with van der Waals surface area (Å²) < 4.78 is 1.06. The van der Waals surface area contributed by atoms with E-state index in [9.17, 15) is 5.11 Å². The van der Waals surface area contributed by atoms with Crippen molar-refractivity contribution in [3.63, 3.8) is 0 Å². The number of hydrogen-bond donors (Lipinski definition) is 1. The number of rotatable bonds is 5. The van der Waals surface area contributed by atoms with Gasteiger partial charge in [-0.15, -0.1) is 11.8 Å². The number of benzene rings is 2. The smallest absolute Gasteiger partial charge is 0.0674 e. The maximum absolute atomic E-state index is 10.1. The molecule has 0 fully saturated rings. The second-order valence-electron chi connectivity index (χ2n) is 4.61. The zero-order valence-electron chi connectivity index (χ0n) is 10.8. The van der Waals surface area contributed by atoms with Crippen LogP contribution >= 0.6 is 27.7 Å². The highest BCUT2D eigenvalue weighted by Gasteiger charge is 2.07. The molecule has 19 heavy (non-hydrogen) atoms. The van der Waals surface area contributed by atoms with Gasteiger partial charge >= 0.3 is 0 Å². The van der Waals surface area contributed by atoms with Crippen molar-refractivity contribution in [1.82, 2.24) is 0 Å². The summed E-state index contributed by atoms with van der Waals surface area (Å²) in [6.45, 7) is 2.08. The van der Waals surface area contributed by atoms with E-state index in [1.54, 1.807) is 11.8 Å². The molecule has 0 aromatic heterocycles. The third-order valence-electron chi connectivity index (χ3n) is 2.82. The molecular formula is C16H17BrOS. The molecule has 2 aromatic rings. The number of thioether (sulfide) groups is 1. The first kappa shape index (κ1) is 14.6. The summed E-state index contributed by atoms with van der Waals surface area (Å²) in [6, 6.07) is 16.5. The monoisotopic (exact) mass is 336 g/mol. The lowest BCUT2D eigenvalue weighted by Crippen LogP contribution is -2.13. The van der Waals surface area contributed by atoms with Crippen LogP contribution in [0, 0.1) is 6.92 Å². The van der Waals surface area contributed by atoms with E-state index in [0.29, 0.717) is 6.42 Å². The topological polar surface area (TPSA) is 20.2 Å². The first-order valence-electron chi connectivity index (χ1n) is 6.25. The molecule has 2 rings (SSSR count). The van der Waals surface area contributed by atoms with Crippen molar-refractivity contribution in [1.29, 1.82) is 0 Å². The third kappa shape index (κ3) is 5.01. The van der Waals surface area contributed by atoms with Crippen molar-refractivity contribution < 1.29 is 5.11 Å². The van der Waals surface area contributed by atoms with Crippen molar-refractivity contribution in [2.24, 2.45) is 0 Å². The van der Waals surface area contributed by atoms with Crippen LogP contribution in [-0.4, -0.2) is 17.0 Å². The molecule has 0 amide bonds. The van der Waals surface area contributed by atoms with Gasteiger partial charge in [-0.1, -0.05) is 45.8 Å². The molecule has 0 saturated heterocycles. The van der Waals surface area contributed by atoms with Gasteiger partial charge in [0.1, 0.15) is 0 Å². The van der Waals surface area contributed by atoms with E-state index < -0.39 is 0 Å². The minimum atomic E-state index is -0.319. The minimum absolute atomic E-state index is 0.319. The zero-order chi connectivity index (χ0) is 13.7. The number of halogens is 1. The summed E-state index contributed by atoms with van der Waals surface area (Å²) in [6.07, 6.45) is 0.374. The van der Waals surface area contributed by atoms with Crippen molar-refractivity contribution >= 4 is 27.7 Å². The van der Waals surface area contributed by atoms with Crippen molar-refractivity contribution in [3.05, 3.63) is 64.1 Å². The van der Waals surface area contributed by atoms with E-state index in [4.69, 9.17) is 0 Å². The summed E-state index contributed by atoms with van der Waals surface area (Å²) in [7, 11) is 0. The highest BCUT2D eigenvalue weighted by Crippen LogP contribution is 2.21. The molecule has 2 aromatic carbocycles. The fraction of sp³-hybridized carbons (Fsp3) is 0.250. The molecule has 0 bridgehead atoms. The molecular weight excluding hydrogens is 320 g/mol. The van der Waals surface area contributed by atoms with E-state index >= 15 is 0 Å². The summed E-state index contributed by atoms with van der Waals surface area (Å²) in [5.41, 5.74) is 2.42. The Kier molecular flexibility index (Phi) is 5.49. The van der Waals surface area contributed by atoms with Gasteiger partial charge in [0.25, 0.3) is 0 Å². The molecule has 1 unspecified atom stereocenters. The minimum Gasteiger partial charge on any atom is -0.392 e. The Bertz CT molecular complexity index is 525. The second-order valence-corrected chi connectivity index (χ2v) is 6.62. The van der Waals surface area contributed by atoms with E-state index in [-0.39, 0.29) is 6.10 Å². The quantitative estimate of drug-likeness (QED) is 0.814. The third-order valence-corrected chi connectivity index (χ3v) is 4.47. The molecule has 1 nitrogen and oxygen atoms in total. The molecule has 0 saturated carbocycles. The Morgan fingerprint density at radius 3 is 2.58 bits per heavy atom. The summed E-state index contributed by atoms with van der Waals surface area (Å²) in [5, 5.41) is 10.1. The van der Waals surface area contributed by atoms with Crippen LogP contribution in [0.15, 0.2) is 57.9 Å². The summed E-state index contributed by atoms with van der Waals surface area (Å²) in [5.74, 6) is 0.718. The fourth-order valence-electron chi connectivity index (χ4n) is 1.82. The normalized spacial score (nSPS) is 12.4. The van der Waals surface area contributed by atoms with Crippen LogP contribution in [0.25, 0.3) is 0 Å². The van der Waals surface area contributed by atoms with Crippen LogP contribution in [0.2, 0.25) is 0 Å². The lowest BCUT2D eigenvalue weighted by Gasteiger charge is -2.10. The van der Waals surface area contributed by atoms with Gasteiger partial charge in [-0.05, 0) is 43.2 Å². The van der Waals surface area contributed by atoms with Gasteiger partial charge < -0.3 is 5.11 Å². The molecule has 0 spiro atoms. The van der Waals surface area contributed by atoms with Gasteiger partial charge in [-0.25, -0.2) is 0 Å². The average molecular weight is 337 g/mol. The first-order chi connectivity index (χ1) is 9.13. The van der Waals surface area contributed by atoms with E-state index in [2.05, 4.69) is 53.2 Å². The molecule has 0 heterocycles. The van der Waals surface area contributed by atoms with E-state index in [1.807, 2.05) is 18.2 Å². The van der Waals surface area contributed by atoms with E-state index in [1.165, 1.54) is 10.5 Å². The first-order valence-corrected chi connectivity index (χ1v) is 8.03. The lowest BCUT2D eigenvalue weighted by molar-refractivity contribution is 0.200. The molecule has 3 heteroatoms. The summed E-state index contributed by atoms with van der Waals surface area (Å²) in [4.78, 5) is 1.21. The van der Waals surface area contributed by atoms with Crippen LogP contribution in [-0.2, 0) is 6.42 Å². The van der Waals surface area contributed by atoms with Crippen LogP contribution in [0.5, 0.6) is 0 Å². The zero-order valence-corrected chi connectivity index (χ0v) is 13.2. The standard InChI is InChI=1S/C16H17BrOS/c1-12-5-7-16(8-6-12)19-11-15(18)10-13-3-2-4-14(17)9-13/h2-9,15,18H,10-11H2,1H3. The van der Waals surface area contributed by atoms with Gasteiger partial charge in [0, 0.05) is 15.1 Å². The van der Waals surface area contributed by atoms with Crippen molar-refractivity contribution in [3.8, 4) is 0 Å².